The summed E-state index contributed by atoms with van der Waals surface area (Å²) in [6.07, 6.45) is 19.9. The van der Waals surface area contributed by atoms with Gasteiger partial charge in [-0.15, -0.1) is 0 Å². The molecule has 2 heterocycles. The number of carbonyl (C=O) groups is 4. The van der Waals surface area contributed by atoms with Crippen molar-refractivity contribution >= 4 is 23.4 Å². The summed E-state index contributed by atoms with van der Waals surface area (Å²) in [4.78, 5) is 56.3. The number of hydrogen-bond acceptors (Lipinski definition) is 8. The molecule has 0 aliphatic carbocycles. The molecule has 0 aromatic carbocycles. The van der Waals surface area contributed by atoms with E-state index in [9.17, 15) is 19.2 Å². The van der Waals surface area contributed by atoms with Crippen molar-refractivity contribution < 1.29 is 19.2 Å². The number of aromatic nitrogens is 2. The number of hydrogen-bond donors (Lipinski definition) is 4. The van der Waals surface area contributed by atoms with Gasteiger partial charge in [0.25, 0.3) is 0 Å². The molecule has 0 fully saturated rings. The second-order valence-corrected chi connectivity index (χ2v) is 10.9. The van der Waals surface area contributed by atoms with Gasteiger partial charge >= 0.3 is 0 Å². The fourth-order valence-corrected chi connectivity index (χ4v) is 4.92. The largest absolute Gasteiger partial charge is 0.366 e. The molecule has 2 aromatic rings. The topological polar surface area (TPSA) is 170 Å². The van der Waals surface area contributed by atoms with Crippen molar-refractivity contribution in [3.05, 3.63) is 59.2 Å². The van der Waals surface area contributed by atoms with Gasteiger partial charge in [-0.05, 0) is 51.9 Å². The predicted octanol–water partition coefficient (Wildman–Crippen LogP) is 4.38. The van der Waals surface area contributed by atoms with Gasteiger partial charge in [-0.2, -0.15) is 0 Å². The molecule has 0 bridgehead atoms. The number of unbranched alkanes of at least 4 members (excludes halogenated alkanes) is 11. The van der Waals surface area contributed by atoms with E-state index < -0.39 is 23.9 Å². The summed E-state index contributed by atoms with van der Waals surface area (Å²) in [5.41, 5.74) is 11.7. The molecule has 0 saturated carbocycles. The Labute approximate surface area is 249 Å². The molecule has 2 amide bonds. The van der Waals surface area contributed by atoms with Crippen LogP contribution < -0.4 is 22.1 Å². The first-order valence-corrected chi connectivity index (χ1v) is 15.3. The van der Waals surface area contributed by atoms with E-state index in [0.29, 0.717) is 0 Å². The molecule has 42 heavy (non-hydrogen) atoms. The zero-order valence-corrected chi connectivity index (χ0v) is 25.2. The fraction of sp³-hybridized carbons (Fsp3) is 0.562. The van der Waals surface area contributed by atoms with E-state index in [0.717, 1.165) is 38.8 Å². The molecule has 230 valence electrons. The molecule has 0 saturated heterocycles. The van der Waals surface area contributed by atoms with E-state index >= 15 is 0 Å². The van der Waals surface area contributed by atoms with Crippen LogP contribution in [0.4, 0.5) is 0 Å². The number of Topliss-reactive ketones (excluding diaryl/α,β-unsaturated/α-hetero) is 2. The lowest BCUT2D eigenvalue weighted by Gasteiger charge is -2.14. The molecule has 10 heteroatoms. The Kier molecular flexibility index (Phi) is 16.2. The second kappa shape index (κ2) is 19.6. The molecular formula is C32H48N6O4. The third kappa shape index (κ3) is 12.2. The predicted molar refractivity (Wildman–Crippen MR) is 165 cm³/mol. The molecule has 2 atom stereocenters. The van der Waals surface area contributed by atoms with Crippen LogP contribution in [0.2, 0.25) is 0 Å². The van der Waals surface area contributed by atoms with Crippen LogP contribution in [0.1, 0.15) is 132 Å². The Hall–Kier alpha value is -3.50. The van der Waals surface area contributed by atoms with Crippen molar-refractivity contribution in [2.45, 2.75) is 103 Å². The molecular weight excluding hydrogens is 532 g/mol. The summed E-state index contributed by atoms with van der Waals surface area (Å²) in [5.74, 6) is -1.58. The minimum atomic E-state index is -0.622. The zero-order chi connectivity index (χ0) is 30.7. The average Bonchev–Trinajstić information content (AvgIpc) is 2.99. The Morgan fingerprint density at radius 3 is 1.19 bits per heavy atom. The van der Waals surface area contributed by atoms with E-state index in [1.807, 2.05) is 0 Å². The highest BCUT2D eigenvalue weighted by molar-refractivity contribution is 6.09. The number of carbonyl (C=O) groups excluding carboxylic acids is 4. The molecule has 0 radical (unpaired) electrons. The minimum absolute atomic E-state index is 0.169. The van der Waals surface area contributed by atoms with Crippen LogP contribution in [0.5, 0.6) is 0 Å². The van der Waals surface area contributed by atoms with Crippen molar-refractivity contribution in [1.82, 2.24) is 20.6 Å². The van der Waals surface area contributed by atoms with Gasteiger partial charge in [0.2, 0.25) is 11.8 Å². The van der Waals surface area contributed by atoms with Gasteiger partial charge in [-0.25, -0.2) is 0 Å². The molecule has 0 aliphatic heterocycles. The average molecular weight is 581 g/mol. The highest BCUT2D eigenvalue weighted by atomic mass is 16.2. The van der Waals surface area contributed by atoms with Gasteiger partial charge in [0.05, 0.1) is 34.3 Å². The first kappa shape index (κ1) is 34.7. The number of pyridine rings is 2. The SMILES string of the molecule is CC(NCCCCCCCCCCCCCCNC(C)C(=O)c1cnccc1C(N)=O)C(=O)c1cnccc1C(N)=O. The van der Waals surface area contributed by atoms with Crippen molar-refractivity contribution in [1.29, 1.82) is 0 Å². The van der Waals surface area contributed by atoms with E-state index in [2.05, 4.69) is 20.6 Å². The van der Waals surface area contributed by atoms with E-state index in [4.69, 9.17) is 11.5 Å². The normalized spacial score (nSPS) is 12.5. The van der Waals surface area contributed by atoms with Crippen LogP contribution in [0, 0.1) is 0 Å². The molecule has 0 aliphatic rings. The number of primary amides is 2. The second-order valence-electron chi connectivity index (χ2n) is 10.9. The van der Waals surface area contributed by atoms with Gasteiger partial charge < -0.3 is 22.1 Å². The van der Waals surface area contributed by atoms with E-state index in [-0.39, 0.29) is 33.8 Å². The smallest absolute Gasteiger partial charge is 0.249 e. The Bertz CT molecular complexity index is 1070. The summed E-state index contributed by atoms with van der Waals surface area (Å²) < 4.78 is 0. The summed E-state index contributed by atoms with van der Waals surface area (Å²) in [6, 6.07) is 2.16. The van der Waals surface area contributed by atoms with Crippen molar-refractivity contribution in [3.63, 3.8) is 0 Å². The van der Waals surface area contributed by atoms with E-state index in [1.165, 1.54) is 88.3 Å². The lowest BCUT2D eigenvalue weighted by Crippen LogP contribution is -2.35. The maximum Gasteiger partial charge on any atom is 0.249 e. The third-order valence-electron chi connectivity index (χ3n) is 7.50. The standard InChI is InChI=1S/C32H48N6O4/c1-23(29(39)27-21-35-19-15-25(27)31(33)41)37-17-13-11-9-7-5-3-4-6-8-10-12-14-18-38-24(2)30(40)28-22-36-20-16-26(28)32(34)42/h15-16,19-24,37-38H,3-14,17-18H2,1-2H3,(H2,33,41)(H2,34,42). The molecule has 10 nitrogen and oxygen atoms in total. The van der Waals surface area contributed by atoms with Gasteiger partial charge in [0.15, 0.2) is 11.6 Å². The lowest BCUT2D eigenvalue weighted by atomic mass is 10.0. The Morgan fingerprint density at radius 1 is 0.571 bits per heavy atom. The number of amides is 2. The van der Waals surface area contributed by atoms with Gasteiger partial charge in [-0.3, -0.25) is 29.1 Å². The number of nitrogens with two attached hydrogens (primary N) is 2. The van der Waals surface area contributed by atoms with Gasteiger partial charge in [0, 0.05) is 24.8 Å². The van der Waals surface area contributed by atoms with Crippen LogP contribution in [0.3, 0.4) is 0 Å². The van der Waals surface area contributed by atoms with Crippen LogP contribution in [-0.2, 0) is 0 Å². The van der Waals surface area contributed by atoms with Crippen LogP contribution in [0.15, 0.2) is 36.9 Å². The number of ketones is 2. The van der Waals surface area contributed by atoms with Crippen LogP contribution in [-0.4, -0.2) is 58.5 Å². The molecule has 6 N–H and O–H groups in total. The number of nitrogens with one attached hydrogen (secondary N) is 2. The summed E-state index contributed by atoms with van der Waals surface area (Å²) in [6.45, 7) is 5.11. The highest BCUT2D eigenvalue weighted by Crippen LogP contribution is 2.13. The zero-order valence-electron chi connectivity index (χ0n) is 25.2. The summed E-state index contributed by atoms with van der Waals surface area (Å²) in [7, 11) is 0. The maximum atomic E-state index is 12.6. The van der Waals surface area contributed by atoms with Crippen molar-refractivity contribution in [2.24, 2.45) is 11.5 Å². The molecule has 2 rings (SSSR count). The van der Waals surface area contributed by atoms with Crippen molar-refractivity contribution in [2.75, 3.05) is 13.1 Å². The van der Waals surface area contributed by atoms with Crippen LogP contribution >= 0.6 is 0 Å². The van der Waals surface area contributed by atoms with Crippen LogP contribution in [0.25, 0.3) is 0 Å². The Balaban J connectivity index is 1.41. The first-order chi connectivity index (χ1) is 20.2. The molecule has 0 spiro atoms. The molecule has 2 unspecified atom stereocenters. The van der Waals surface area contributed by atoms with Gasteiger partial charge in [0.1, 0.15) is 0 Å². The van der Waals surface area contributed by atoms with Crippen molar-refractivity contribution in [3.8, 4) is 0 Å². The maximum absolute atomic E-state index is 12.6. The third-order valence-corrected chi connectivity index (χ3v) is 7.50. The van der Waals surface area contributed by atoms with Gasteiger partial charge in [-0.1, -0.05) is 64.2 Å². The monoisotopic (exact) mass is 580 g/mol. The number of rotatable bonds is 23. The first-order valence-electron chi connectivity index (χ1n) is 15.3. The minimum Gasteiger partial charge on any atom is -0.366 e. The van der Waals surface area contributed by atoms with E-state index in [1.54, 1.807) is 13.8 Å². The number of nitrogens with zero attached hydrogens (tertiary/aromatic N) is 2. The Morgan fingerprint density at radius 2 is 0.881 bits per heavy atom. The summed E-state index contributed by atoms with van der Waals surface area (Å²) in [5, 5.41) is 6.49. The summed E-state index contributed by atoms with van der Waals surface area (Å²) >= 11 is 0. The highest BCUT2D eigenvalue weighted by Gasteiger charge is 2.21. The lowest BCUT2D eigenvalue weighted by molar-refractivity contribution is 0.0932. The fourth-order valence-electron chi connectivity index (χ4n) is 4.92. The molecule has 2 aromatic heterocycles. The quantitative estimate of drug-likeness (QED) is 0.111.